The molecule has 1 N–H and O–H groups in total. The van der Waals surface area contributed by atoms with Gasteiger partial charge in [0.25, 0.3) is 0 Å². The van der Waals surface area contributed by atoms with E-state index in [-0.39, 0.29) is 0 Å². The molecule has 0 aromatic heterocycles. The molecule has 3 heteroatoms. The van der Waals surface area contributed by atoms with Gasteiger partial charge in [-0.25, -0.2) is 0 Å². The van der Waals surface area contributed by atoms with Crippen molar-refractivity contribution in [2.45, 2.75) is 38.2 Å². The fourth-order valence-corrected chi connectivity index (χ4v) is 5.06. The van der Waals surface area contributed by atoms with E-state index >= 15 is 0 Å². The molecule has 2 bridgehead atoms. The third-order valence-electron chi connectivity index (χ3n) is 5.86. The minimum atomic E-state index is 0.391. The van der Waals surface area contributed by atoms with Gasteiger partial charge in [-0.05, 0) is 75.0 Å². The fourth-order valence-electron chi connectivity index (χ4n) is 5.06. The minimum Gasteiger partial charge on any atom is -0.487 e. The molecule has 4 rings (SSSR count). The highest BCUT2D eigenvalue weighted by Gasteiger charge is 2.52. The molecule has 0 radical (unpaired) electrons. The highest BCUT2D eigenvalue weighted by atomic mass is 16.5. The number of para-hydroxylation sites is 2. The van der Waals surface area contributed by atoms with E-state index in [4.69, 9.17) is 9.47 Å². The van der Waals surface area contributed by atoms with Crippen LogP contribution < -0.4 is 14.8 Å². The SMILES string of the molecule is CNCOc1ccccc1OC1CC2C3CCC(C3)C2C1. The summed E-state index contributed by atoms with van der Waals surface area (Å²) in [7, 11) is 1.89. The van der Waals surface area contributed by atoms with Gasteiger partial charge >= 0.3 is 0 Å². The first kappa shape index (κ1) is 13.4. The lowest BCUT2D eigenvalue weighted by atomic mass is 9.82. The summed E-state index contributed by atoms with van der Waals surface area (Å²) in [6, 6.07) is 8.06. The Morgan fingerprint density at radius 2 is 1.67 bits per heavy atom. The van der Waals surface area contributed by atoms with Gasteiger partial charge < -0.3 is 9.47 Å². The molecule has 0 heterocycles. The number of hydrogen-bond donors (Lipinski definition) is 1. The molecule has 3 fully saturated rings. The highest BCUT2D eigenvalue weighted by molar-refractivity contribution is 5.39. The molecule has 0 spiro atoms. The van der Waals surface area contributed by atoms with Crippen molar-refractivity contribution in [2.24, 2.45) is 23.7 Å². The zero-order chi connectivity index (χ0) is 14.2. The first-order chi connectivity index (χ1) is 10.3. The molecule has 3 saturated carbocycles. The van der Waals surface area contributed by atoms with Gasteiger partial charge in [0.1, 0.15) is 6.73 Å². The van der Waals surface area contributed by atoms with E-state index < -0.39 is 0 Å². The van der Waals surface area contributed by atoms with Crippen LogP contribution in [0.25, 0.3) is 0 Å². The molecule has 4 unspecified atom stereocenters. The Kier molecular flexibility index (Phi) is 3.54. The molecule has 114 valence electrons. The number of nitrogens with one attached hydrogen (secondary N) is 1. The summed E-state index contributed by atoms with van der Waals surface area (Å²) >= 11 is 0. The van der Waals surface area contributed by atoms with Crippen molar-refractivity contribution in [3.05, 3.63) is 24.3 Å². The number of benzene rings is 1. The second-order valence-corrected chi connectivity index (χ2v) is 6.96. The summed E-state index contributed by atoms with van der Waals surface area (Å²) in [6.07, 6.45) is 7.35. The van der Waals surface area contributed by atoms with Crippen LogP contribution in [-0.4, -0.2) is 19.9 Å². The van der Waals surface area contributed by atoms with Gasteiger partial charge in [0.05, 0.1) is 6.10 Å². The Balaban J connectivity index is 1.43. The first-order valence-corrected chi connectivity index (χ1v) is 8.38. The Morgan fingerprint density at radius 1 is 1.00 bits per heavy atom. The Morgan fingerprint density at radius 3 is 2.33 bits per heavy atom. The van der Waals surface area contributed by atoms with E-state index in [9.17, 15) is 0 Å². The number of fused-ring (bicyclic) bond motifs is 5. The normalized spacial score (nSPS) is 36.7. The summed E-state index contributed by atoms with van der Waals surface area (Å²) in [5, 5.41) is 3.01. The smallest absolute Gasteiger partial charge is 0.163 e. The first-order valence-electron chi connectivity index (χ1n) is 8.38. The molecular weight excluding hydrogens is 262 g/mol. The molecule has 0 aliphatic heterocycles. The lowest BCUT2D eigenvalue weighted by Gasteiger charge is -2.23. The Hall–Kier alpha value is -1.22. The standard InChI is InChI=1S/C18H25NO2/c1-19-11-20-17-4-2-3-5-18(17)21-14-9-15-12-6-7-13(8-12)16(15)10-14/h2-5,12-16,19H,6-11H2,1H3. The monoisotopic (exact) mass is 287 g/mol. The van der Waals surface area contributed by atoms with Gasteiger partial charge in [-0.1, -0.05) is 12.1 Å². The summed E-state index contributed by atoms with van der Waals surface area (Å²) in [5.74, 6) is 5.66. The van der Waals surface area contributed by atoms with Crippen LogP contribution >= 0.6 is 0 Å². The van der Waals surface area contributed by atoms with Crippen LogP contribution in [0.3, 0.4) is 0 Å². The quantitative estimate of drug-likeness (QED) is 0.841. The van der Waals surface area contributed by atoms with Crippen LogP contribution in [-0.2, 0) is 0 Å². The van der Waals surface area contributed by atoms with Gasteiger partial charge in [0.15, 0.2) is 11.5 Å². The van der Waals surface area contributed by atoms with Crippen LogP contribution in [0, 0.1) is 23.7 Å². The van der Waals surface area contributed by atoms with Crippen LogP contribution in [0.5, 0.6) is 11.5 Å². The number of hydrogen-bond acceptors (Lipinski definition) is 3. The molecule has 4 atom stereocenters. The molecule has 21 heavy (non-hydrogen) atoms. The molecule has 1 aromatic rings. The maximum Gasteiger partial charge on any atom is 0.163 e. The molecule has 0 saturated heterocycles. The predicted molar refractivity (Wildman–Crippen MR) is 82.5 cm³/mol. The van der Waals surface area contributed by atoms with Crippen molar-refractivity contribution < 1.29 is 9.47 Å². The van der Waals surface area contributed by atoms with E-state index in [2.05, 4.69) is 5.32 Å². The Labute approximate surface area is 127 Å². The van der Waals surface area contributed by atoms with Gasteiger partial charge in [0.2, 0.25) is 0 Å². The topological polar surface area (TPSA) is 30.5 Å². The van der Waals surface area contributed by atoms with Crippen molar-refractivity contribution in [3.8, 4) is 11.5 Å². The molecule has 3 nitrogen and oxygen atoms in total. The van der Waals surface area contributed by atoms with E-state index in [0.717, 1.165) is 35.2 Å². The molecule has 3 aliphatic rings. The van der Waals surface area contributed by atoms with E-state index in [1.807, 2.05) is 31.3 Å². The molecule has 3 aliphatic carbocycles. The summed E-state index contributed by atoms with van der Waals surface area (Å²) < 4.78 is 12.0. The van der Waals surface area contributed by atoms with Crippen molar-refractivity contribution in [1.82, 2.24) is 5.32 Å². The third-order valence-corrected chi connectivity index (χ3v) is 5.86. The minimum absolute atomic E-state index is 0.391. The summed E-state index contributed by atoms with van der Waals surface area (Å²) in [4.78, 5) is 0. The second kappa shape index (κ2) is 5.53. The van der Waals surface area contributed by atoms with Crippen LogP contribution in [0.4, 0.5) is 0 Å². The lowest BCUT2D eigenvalue weighted by molar-refractivity contribution is 0.179. The fraction of sp³-hybridized carbons (Fsp3) is 0.667. The van der Waals surface area contributed by atoms with Crippen molar-refractivity contribution >= 4 is 0 Å². The van der Waals surface area contributed by atoms with E-state index in [1.54, 1.807) is 0 Å². The average Bonchev–Trinajstić information content (AvgIpc) is 3.18. The van der Waals surface area contributed by atoms with Crippen molar-refractivity contribution in [3.63, 3.8) is 0 Å². The number of rotatable bonds is 5. The van der Waals surface area contributed by atoms with Crippen molar-refractivity contribution in [1.29, 1.82) is 0 Å². The Bertz CT molecular complexity index is 486. The van der Waals surface area contributed by atoms with Gasteiger partial charge in [-0.15, -0.1) is 0 Å². The largest absolute Gasteiger partial charge is 0.487 e. The van der Waals surface area contributed by atoms with Crippen LogP contribution in [0.1, 0.15) is 32.1 Å². The highest BCUT2D eigenvalue weighted by Crippen LogP contribution is 2.59. The lowest BCUT2D eigenvalue weighted by Crippen LogP contribution is -2.17. The molecule has 1 aromatic carbocycles. The molecular formula is C18H25NO2. The van der Waals surface area contributed by atoms with Gasteiger partial charge in [-0.3, -0.25) is 5.32 Å². The average molecular weight is 287 g/mol. The zero-order valence-corrected chi connectivity index (χ0v) is 12.8. The number of ether oxygens (including phenoxy) is 2. The van der Waals surface area contributed by atoms with Crippen LogP contribution in [0.15, 0.2) is 24.3 Å². The van der Waals surface area contributed by atoms with Crippen molar-refractivity contribution in [2.75, 3.05) is 13.8 Å². The van der Waals surface area contributed by atoms with Gasteiger partial charge in [-0.2, -0.15) is 0 Å². The summed E-state index contributed by atoms with van der Waals surface area (Å²) in [5.41, 5.74) is 0. The maximum atomic E-state index is 6.31. The van der Waals surface area contributed by atoms with E-state index in [1.165, 1.54) is 32.1 Å². The summed E-state index contributed by atoms with van der Waals surface area (Å²) in [6.45, 7) is 0.514. The van der Waals surface area contributed by atoms with Gasteiger partial charge in [0, 0.05) is 0 Å². The maximum absolute atomic E-state index is 6.31. The third kappa shape index (κ3) is 2.42. The van der Waals surface area contributed by atoms with Crippen LogP contribution in [0.2, 0.25) is 0 Å². The predicted octanol–water partition coefficient (Wildman–Crippen LogP) is 3.45. The molecule has 0 amide bonds. The zero-order valence-electron chi connectivity index (χ0n) is 12.8. The van der Waals surface area contributed by atoms with E-state index in [0.29, 0.717) is 12.8 Å². The second-order valence-electron chi connectivity index (χ2n) is 6.96.